The number of pyridine rings is 1. The Kier molecular flexibility index (Phi) is 3.96. The Bertz CT molecular complexity index is 902. The first-order valence-corrected chi connectivity index (χ1v) is 6.91. The van der Waals surface area contributed by atoms with Crippen LogP contribution in [0.5, 0.6) is 0 Å². The number of imidazole rings is 1. The lowest BCUT2D eigenvalue weighted by Crippen LogP contribution is -2.15. The van der Waals surface area contributed by atoms with Gasteiger partial charge in [-0.1, -0.05) is 6.07 Å². The predicted molar refractivity (Wildman–Crippen MR) is 78.9 cm³/mol. The van der Waals surface area contributed by atoms with Crippen molar-refractivity contribution in [2.45, 2.75) is 12.6 Å². The maximum atomic E-state index is 13.1. The molecule has 0 atom stereocenters. The zero-order chi connectivity index (χ0) is 17.3. The normalized spacial score (nSPS) is 11.7. The van der Waals surface area contributed by atoms with Gasteiger partial charge in [-0.15, -0.1) is 0 Å². The number of anilines is 1. The summed E-state index contributed by atoms with van der Waals surface area (Å²) in [5.74, 6) is -0.960. The summed E-state index contributed by atoms with van der Waals surface area (Å²) < 4.78 is 52.5. The SMILES string of the molecule is O=C(Cc1cn2cc(F)ccc2n1)Nc1cccc(C(F)(F)F)c1. The van der Waals surface area contributed by atoms with Gasteiger partial charge in [0, 0.05) is 18.1 Å². The summed E-state index contributed by atoms with van der Waals surface area (Å²) in [7, 11) is 0. The van der Waals surface area contributed by atoms with Crippen LogP contribution in [0.25, 0.3) is 5.65 Å². The van der Waals surface area contributed by atoms with E-state index in [0.29, 0.717) is 11.3 Å². The first-order valence-electron chi connectivity index (χ1n) is 6.91. The highest BCUT2D eigenvalue weighted by atomic mass is 19.4. The number of carbonyl (C=O) groups excluding carboxylic acids is 1. The molecule has 1 N–H and O–H groups in total. The lowest BCUT2D eigenvalue weighted by atomic mass is 10.2. The van der Waals surface area contributed by atoms with Crippen molar-refractivity contribution in [3.8, 4) is 0 Å². The van der Waals surface area contributed by atoms with Crippen LogP contribution in [0.2, 0.25) is 0 Å². The number of fused-ring (bicyclic) bond motifs is 1. The van der Waals surface area contributed by atoms with Gasteiger partial charge in [0.1, 0.15) is 11.5 Å². The first-order chi connectivity index (χ1) is 11.3. The molecule has 0 radical (unpaired) electrons. The van der Waals surface area contributed by atoms with E-state index in [1.807, 2.05) is 0 Å². The van der Waals surface area contributed by atoms with E-state index in [9.17, 15) is 22.4 Å². The third-order valence-electron chi connectivity index (χ3n) is 3.28. The van der Waals surface area contributed by atoms with Gasteiger partial charge in [0.05, 0.1) is 17.7 Å². The Labute approximate surface area is 133 Å². The van der Waals surface area contributed by atoms with Crippen LogP contribution in [-0.4, -0.2) is 15.3 Å². The fraction of sp³-hybridized carbons (Fsp3) is 0.125. The van der Waals surface area contributed by atoms with Crippen LogP contribution < -0.4 is 5.32 Å². The number of nitrogens with zero attached hydrogens (tertiary/aromatic N) is 2. The second-order valence-electron chi connectivity index (χ2n) is 5.15. The molecule has 0 saturated carbocycles. The summed E-state index contributed by atoms with van der Waals surface area (Å²) >= 11 is 0. The highest BCUT2D eigenvalue weighted by Crippen LogP contribution is 2.30. The lowest BCUT2D eigenvalue weighted by molar-refractivity contribution is -0.137. The molecule has 1 amide bonds. The zero-order valence-corrected chi connectivity index (χ0v) is 12.1. The molecule has 2 heterocycles. The number of hydrogen-bond acceptors (Lipinski definition) is 2. The van der Waals surface area contributed by atoms with Gasteiger partial charge in [0.2, 0.25) is 5.91 Å². The highest BCUT2D eigenvalue weighted by Gasteiger charge is 2.30. The van der Waals surface area contributed by atoms with Crippen molar-refractivity contribution in [1.29, 1.82) is 0 Å². The van der Waals surface area contributed by atoms with Gasteiger partial charge in [0.15, 0.2) is 0 Å². The average molecular weight is 337 g/mol. The molecule has 0 unspecified atom stereocenters. The van der Waals surface area contributed by atoms with Crippen molar-refractivity contribution >= 4 is 17.2 Å². The van der Waals surface area contributed by atoms with Crippen molar-refractivity contribution in [2.24, 2.45) is 0 Å². The van der Waals surface area contributed by atoms with Crippen molar-refractivity contribution in [3.63, 3.8) is 0 Å². The second kappa shape index (κ2) is 5.95. The number of halogens is 4. The highest BCUT2D eigenvalue weighted by molar-refractivity contribution is 5.92. The van der Waals surface area contributed by atoms with Crippen LogP contribution in [0, 0.1) is 5.82 Å². The molecule has 0 aliphatic carbocycles. The van der Waals surface area contributed by atoms with E-state index in [-0.39, 0.29) is 12.1 Å². The standard InChI is InChI=1S/C16H11F4N3O/c17-11-4-5-14-21-13(9-23(14)8-11)7-15(24)22-12-3-1-2-10(6-12)16(18,19)20/h1-6,8-9H,7H2,(H,22,24). The van der Waals surface area contributed by atoms with E-state index >= 15 is 0 Å². The van der Waals surface area contributed by atoms with Gasteiger partial charge in [-0.2, -0.15) is 13.2 Å². The van der Waals surface area contributed by atoms with Crippen LogP contribution in [0.3, 0.4) is 0 Å². The molecule has 1 aromatic carbocycles. The van der Waals surface area contributed by atoms with Gasteiger partial charge >= 0.3 is 6.18 Å². The van der Waals surface area contributed by atoms with E-state index < -0.39 is 23.5 Å². The monoisotopic (exact) mass is 337 g/mol. The van der Waals surface area contributed by atoms with Gasteiger partial charge in [-0.3, -0.25) is 4.79 Å². The Morgan fingerprint density at radius 2 is 1.96 bits per heavy atom. The van der Waals surface area contributed by atoms with Crippen molar-refractivity contribution in [1.82, 2.24) is 9.38 Å². The number of benzene rings is 1. The number of aromatic nitrogens is 2. The predicted octanol–water partition coefficient (Wildman–Crippen LogP) is 3.67. The minimum atomic E-state index is -4.48. The molecule has 8 heteroatoms. The molecular weight excluding hydrogens is 326 g/mol. The maximum Gasteiger partial charge on any atom is 0.416 e. The molecule has 3 rings (SSSR count). The maximum absolute atomic E-state index is 13.1. The smallest absolute Gasteiger partial charge is 0.326 e. The van der Waals surface area contributed by atoms with Gasteiger partial charge in [0.25, 0.3) is 0 Å². The first kappa shape index (κ1) is 16.0. The molecule has 0 bridgehead atoms. The summed E-state index contributed by atoms with van der Waals surface area (Å²) in [6.45, 7) is 0. The molecule has 0 spiro atoms. The topological polar surface area (TPSA) is 46.4 Å². The largest absolute Gasteiger partial charge is 0.416 e. The number of alkyl halides is 3. The Morgan fingerprint density at radius 3 is 2.71 bits per heavy atom. The average Bonchev–Trinajstić information content (AvgIpc) is 2.87. The molecule has 0 saturated heterocycles. The minimum Gasteiger partial charge on any atom is -0.326 e. The minimum absolute atomic E-state index is 0.0460. The molecule has 4 nitrogen and oxygen atoms in total. The van der Waals surface area contributed by atoms with E-state index in [2.05, 4.69) is 10.3 Å². The number of hydrogen-bond donors (Lipinski definition) is 1. The molecular formula is C16H11F4N3O. The van der Waals surface area contributed by atoms with Gasteiger partial charge in [-0.05, 0) is 30.3 Å². The van der Waals surface area contributed by atoms with Crippen LogP contribution in [0.1, 0.15) is 11.3 Å². The second-order valence-corrected chi connectivity index (χ2v) is 5.15. The number of amides is 1. The van der Waals surface area contributed by atoms with Gasteiger partial charge in [-0.25, -0.2) is 9.37 Å². The molecule has 2 aromatic heterocycles. The quantitative estimate of drug-likeness (QED) is 0.741. The molecule has 3 aromatic rings. The fourth-order valence-corrected chi connectivity index (χ4v) is 2.25. The van der Waals surface area contributed by atoms with Crippen LogP contribution in [0.4, 0.5) is 23.2 Å². The van der Waals surface area contributed by atoms with Crippen LogP contribution >= 0.6 is 0 Å². The zero-order valence-electron chi connectivity index (χ0n) is 12.1. The summed E-state index contributed by atoms with van der Waals surface area (Å²) in [5, 5.41) is 2.40. The number of carbonyl (C=O) groups is 1. The summed E-state index contributed by atoms with van der Waals surface area (Å²) in [4.78, 5) is 16.1. The summed E-state index contributed by atoms with van der Waals surface area (Å²) in [5.41, 5.74) is 0.0523. The Hall–Kier alpha value is -2.90. The van der Waals surface area contributed by atoms with Crippen molar-refractivity contribution in [2.75, 3.05) is 5.32 Å². The van der Waals surface area contributed by atoms with E-state index in [1.54, 1.807) is 0 Å². The number of nitrogens with one attached hydrogen (secondary N) is 1. The lowest BCUT2D eigenvalue weighted by Gasteiger charge is -2.09. The molecule has 124 valence electrons. The molecule has 0 fully saturated rings. The van der Waals surface area contributed by atoms with Crippen LogP contribution in [-0.2, 0) is 17.4 Å². The van der Waals surface area contributed by atoms with Crippen molar-refractivity contribution in [3.05, 3.63) is 65.9 Å². The summed E-state index contributed by atoms with van der Waals surface area (Å²) in [6.07, 6.45) is -1.91. The third-order valence-corrected chi connectivity index (χ3v) is 3.28. The Morgan fingerprint density at radius 1 is 1.17 bits per heavy atom. The molecule has 24 heavy (non-hydrogen) atoms. The molecule has 0 aliphatic heterocycles. The van der Waals surface area contributed by atoms with Crippen molar-refractivity contribution < 1.29 is 22.4 Å². The van der Waals surface area contributed by atoms with Gasteiger partial charge < -0.3 is 9.72 Å². The molecule has 0 aliphatic rings. The van der Waals surface area contributed by atoms with E-state index in [4.69, 9.17) is 0 Å². The van der Waals surface area contributed by atoms with Crippen LogP contribution in [0.15, 0.2) is 48.8 Å². The van der Waals surface area contributed by atoms with E-state index in [0.717, 1.165) is 12.1 Å². The van der Waals surface area contributed by atoms with E-state index in [1.165, 1.54) is 41.1 Å². The fourth-order valence-electron chi connectivity index (χ4n) is 2.25. The third kappa shape index (κ3) is 3.53. The summed E-state index contributed by atoms with van der Waals surface area (Å²) in [6, 6.07) is 7.07. The number of rotatable bonds is 3. The Balaban J connectivity index is 1.73.